The summed E-state index contributed by atoms with van der Waals surface area (Å²) in [5.74, 6) is 0.559. The summed E-state index contributed by atoms with van der Waals surface area (Å²) in [6.07, 6.45) is 3.49. The molecule has 2 N–H and O–H groups in total. The highest BCUT2D eigenvalue weighted by Crippen LogP contribution is 2.35. The molecule has 1 heterocycles. The lowest BCUT2D eigenvalue weighted by Crippen LogP contribution is -2.41. The third-order valence-electron chi connectivity index (χ3n) is 4.18. The molecule has 0 unspecified atom stereocenters. The lowest BCUT2D eigenvalue weighted by molar-refractivity contribution is 0.0530. The number of hydrogen-bond donors (Lipinski definition) is 2. The van der Waals surface area contributed by atoms with Crippen LogP contribution in [0.3, 0.4) is 0 Å². The summed E-state index contributed by atoms with van der Waals surface area (Å²) in [7, 11) is 0. The molecule has 1 aromatic carbocycles. The van der Waals surface area contributed by atoms with E-state index in [0.29, 0.717) is 26.3 Å². The van der Waals surface area contributed by atoms with Crippen LogP contribution < -0.4 is 10.6 Å². The van der Waals surface area contributed by atoms with E-state index in [-0.39, 0.29) is 11.2 Å². The van der Waals surface area contributed by atoms with Crippen LogP contribution in [0.5, 0.6) is 0 Å². The summed E-state index contributed by atoms with van der Waals surface area (Å²) < 4.78 is 19.2. The van der Waals surface area contributed by atoms with Gasteiger partial charge in [-0.2, -0.15) is 0 Å². The van der Waals surface area contributed by atoms with E-state index in [2.05, 4.69) is 17.2 Å². The van der Waals surface area contributed by atoms with Crippen molar-refractivity contribution >= 4 is 5.96 Å². The Morgan fingerprint density at radius 3 is 2.83 bits per heavy atom. The molecular formula is C18H26FN3O. The van der Waals surface area contributed by atoms with Crippen molar-refractivity contribution < 1.29 is 9.13 Å². The summed E-state index contributed by atoms with van der Waals surface area (Å²) in [6.45, 7) is 9.16. The Labute approximate surface area is 137 Å². The van der Waals surface area contributed by atoms with Crippen LogP contribution in [0.15, 0.2) is 41.9 Å². The molecule has 23 heavy (non-hydrogen) atoms. The molecule has 0 aliphatic carbocycles. The fourth-order valence-electron chi connectivity index (χ4n) is 2.86. The molecule has 5 heteroatoms. The first-order valence-electron chi connectivity index (χ1n) is 8.17. The molecule has 1 saturated heterocycles. The van der Waals surface area contributed by atoms with Gasteiger partial charge < -0.3 is 15.4 Å². The second-order valence-electron chi connectivity index (χ2n) is 5.77. The lowest BCUT2D eigenvalue weighted by atomic mass is 9.74. The van der Waals surface area contributed by atoms with Gasteiger partial charge in [0, 0.05) is 31.7 Å². The molecule has 0 saturated carbocycles. The minimum atomic E-state index is -0.200. The molecule has 2 rings (SSSR count). The van der Waals surface area contributed by atoms with Gasteiger partial charge in [0.05, 0.1) is 6.54 Å². The first-order chi connectivity index (χ1) is 11.2. The van der Waals surface area contributed by atoms with Crippen LogP contribution in [-0.2, 0) is 10.2 Å². The molecule has 0 radical (unpaired) electrons. The van der Waals surface area contributed by atoms with Crippen molar-refractivity contribution in [1.29, 1.82) is 0 Å². The number of nitrogens with one attached hydrogen (secondary N) is 2. The van der Waals surface area contributed by atoms with Gasteiger partial charge in [0.15, 0.2) is 5.96 Å². The number of nitrogens with zero attached hydrogens (tertiary/aromatic N) is 1. The minimum absolute atomic E-state index is 0.170. The lowest BCUT2D eigenvalue weighted by Gasteiger charge is -2.36. The predicted octanol–water partition coefficient (Wildman–Crippen LogP) is 2.62. The largest absolute Gasteiger partial charge is 0.381 e. The van der Waals surface area contributed by atoms with Crippen LogP contribution in [0.2, 0.25) is 0 Å². The van der Waals surface area contributed by atoms with Crippen LogP contribution in [0.4, 0.5) is 4.39 Å². The van der Waals surface area contributed by atoms with Crippen LogP contribution >= 0.6 is 0 Å². The Morgan fingerprint density at radius 1 is 1.39 bits per heavy atom. The topological polar surface area (TPSA) is 45.7 Å². The molecule has 126 valence electrons. The number of benzene rings is 1. The van der Waals surface area contributed by atoms with Crippen molar-refractivity contribution in [2.45, 2.75) is 25.2 Å². The fraction of sp³-hybridized carbons (Fsp3) is 0.500. The number of rotatable bonds is 6. The maximum absolute atomic E-state index is 13.7. The minimum Gasteiger partial charge on any atom is -0.381 e. The summed E-state index contributed by atoms with van der Waals surface area (Å²) in [5, 5.41) is 6.43. The highest BCUT2D eigenvalue weighted by molar-refractivity contribution is 5.79. The first-order valence-corrected chi connectivity index (χ1v) is 8.17. The maximum atomic E-state index is 13.7. The van der Waals surface area contributed by atoms with Crippen LogP contribution in [0.25, 0.3) is 0 Å². The average molecular weight is 319 g/mol. The van der Waals surface area contributed by atoms with E-state index in [9.17, 15) is 4.39 Å². The van der Waals surface area contributed by atoms with E-state index in [1.54, 1.807) is 18.2 Å². The number of aliphatic imine (C=N–C) groups is 1. The zero-order valence-corrected chi connectivity index (χ0v) is 13.8. The standard InChI is InChI=1S/C18H26FN3O/c1-3-10-21-17(20-4-2)22-14-18(8-11-23-12-9-18)15-6-5-7-16(19)13-15/h3,5-7,13H,1,4,8-12,14H2,2H3,(H2,20,21,22). The van der Waals surface area contributed by atoms with Crippen LogP contribution in [0.1, 0.15) is 25.3 Å². The molecule has 0 atom stereocenters. The van der Waals surface area contributed by atoms with Crippen molar-refractivity contribution in [2.24, 2.45) is 4.99 Å². The van der Waals surface area contributed by atoms with Gasteiger partial charge in [0.25, 0.3) is 0 Å². The Kier molecular flexibility index (Phi) is 6.59. The van der Waals surface area contributed by atoms with Gasteiger partial charge in [0.1, 0.15) is 5.82 Å². The van der Waals surface area contributed by atoms with Gasteiger partial charge in [-0.1, -0.05) is 18.2 Å². The predicted molar refractivity (Wildman–Crippen MR) is 92.3 cm³/mol. The van der Waals surface area contributed by atoms with E-state index >= 15 is 0 Å². The van der Waals surface area contributed by atoms with Gasteiger partial charge in [-0.25, -0.2) is 4.39 Å². The summed E-state index contributed by atoms with van der Waals surface area (Å²) in [6, 6.07) is 6.88. The second-order valence-corrected chi connectivity index (χ2v) is 5.77. The summed E-state index contributed by atoms with van der Waals surface area (Å²) >= 11 is 0. The molecule has 1 aromatic rings. The Balaban J connectivity index is 2.22. The number of ether oxygens (including phenoxy) is 1. The molecular weight excluding hydrogens is 293 g/mol. The van der Waals surface area contributed by atoms with E-state index in [1.807, 2.05) is 13.0 Å². The smallest absolute Gasteiger partial charge is 0.191 e. The van der Waals surface area contributed by atoms with Crippen molar-refractivity contribution in [1.82, 2.24) is 10.6 Å². The Bertz CT molecular complexity index is 539. The van der Waals surface area contributed by atoms with E-state index in [0.717, 1.165) is 30.9 Å². The molecule has 4 nitrogen and oxygen atoms in total. The molecule has 1 aliphatic rings. The van der Waals surface area contributed by atoms with Crippen molar-refractivity contribution in [3.8, 4) is 0 Å². The monoisotopic (exact) mass is 319 g/mol. The number of guanidine groups is 1. The SMILES string of the molecule is C=CCNC(=NCC1(c2cccc(F)c2)CCOCC1)NCC. The van der Waals surface area contributed by atoms with Crippen molar-refractivity contribution in [3.05, 3.63) is 48.3 Å². The fourth-order valence-corrected chi connectivity index (χ4v) is 2.86. The molecule has 1 aliphatic heterocycles. The maximum Gasteiger partial charge on any atom is 0.191 e. The van der Waals surface area contributed by atoms with Gasteiger partial charge >= 0.3 is 0 Å². The number of hydrogen-bond acceptors (Lipinski definition) is 2. The summed E-state index contributed by atoms with van der Waals surface area (Å²) in [4.78, 5) is 4.72. The Morgan fingerprint density at radius 2 is 2.17 bits per heavy atom. The number of halogens is 1. The molecule has 0 amide bonds. The van der Waals surface area contributed by atoms with Gasteiger partial charge in [-0.3, -0.25) is 4.99 Å². The zero-order valence-electron chi connectivity index (χ0n) is 13.8. The highest BCUT2D eigenvalue weighted by Gasteiger charge is 2.34. The highest BCUT2D eigenvalue weighted by atomic mass is 19.1. The third kappa shape index (κ3) is 4.79. The quantitative estimate of drug-likeness (QED) is 0.481. The molecule has 0 spiro atoms. The Hall–Kier alpha value is -1.88. The zero-order chi connectivity index (χ0) is 16.5. The van der Waals surface area contributed by atoms with E-state index < -0.39 is 0 Å². The van der Waals surface area contributed by atoms with Gasteiger partial charge in [-0.15, -0.1) is 6.58 Å². The van der Waals surface area contributed by atoms with E-state index in [1.165, 1.54) is 6.07 Å². The van der Waals surface area contributed by atoms with Crippen molar-refractivity contribution in [3.63, 3.8) is 0 Å². The van der Waals surface area contributed by atoms with E-state index in [4.69, 9.17) is 9.73 Å². The normalized spacial score (nSPS) is 17.6. The van der Waals surface area contributed by atoms with Crippen LogP contribution in [-0.4, -0.2) is 38.8 Å². The first kappa shape index (κ1) is 17.5. The van der Waals surface area contributed by atoms with Crippen molar-refractivity contribution in [2.75, 3.05) is 32.8 Å². The van der Waals surface area contributed by atoms with Crippen LogP contribution in [0, 0.1) is 5.82 Å². The van der Waals surface area contributed by atoms with Gasteiger partial charge in [0.2, 0.25) is 0 Å². The van der Waals surface area contributed by atoms with Gasteiger partial charge in [-0.05, 0) is 37.5 Å². The third-order valence-corrected chi connectivity index (χ3v) is 4.18. The molecule has 1 fully saturated rings. The molecule has 0 bridgehead atoms. The molecule has 0 aromatic heterocycles. The average Bonchev–Trinajstić information content (AvgIpc) is 2.58. The summed E-state index contributed by atoms with van der Waals surface area (Å²) in [5.41, 5.74) is 0.834. The second kappa shape index (κ2) is 8.67.